The van der Waals surface area contributed by atoms with Gasteiger partial charge >= 0.3 is 6.09 Å². The fraction of sp³-hybridized carbons (Fsp3) is 0.667. The molecule has 40 heavy (non-hydrogen) atoms. The summed E-state index contributed by atoms with van der Waals surface area (Å²) in [4.78, 5) is 54.1. The van der Waals surface area contributed by atoms with Crippen LogP contribution in [0.1, 0.15) is 104 Å². The first-order valence-corrected chi connectivity index (χ1v) is 14.2. The third kappa shape index (κ3) is 11.4. The number of rotatable bonds is 15. The Morgan fingerprint density at radius 2 is 1.73 bits per heavy atom. The van der Waals surface area contributed by atoms with E-state index in [1.54, 1.807) is 45.9 Å². The van der Waals surface area contributed by atoms with Crippen LogP contribution in [0.15, 0.2) is 18.2 Å². The summed E-state index contributed by atoms with van der Waals surface area (Å²) in [6, 6.07) is 1.95. The predicted molar refractivity (Wildman–Crippen MR) is 155 cm³/mol. The van der Waals surface area contributed by atoms with Crippen molar-refractivity contribution in [3.63, 3.8) is 0 Å². The number of aryl methyl sites for hydroxylation is 1. The maximum atomic E-state index is 14.2. The molecule has 1 aromatic rings. The standard InChI is InChI=1S/C30H50N4O6/c1-9-10-11-17-32-27(37)25(22-14-12-13-20(4)26(22)36)34(21(5)16-15-19(2)3)28(38)23(18-24(31)35)33-29(39)40-30(6,7)8/h12-14,19,21,23,25,36H,9-11,15-18H2,1-8H3,(H2,31,35)(H,32,37)(H,33,39). The summed E-state index contributed by atoms with van der Waals surface area (Å²) in [5.41, 5.74) is 5.43. The second-order valence-corrected chi connectivity index (χ2v) is 11.8. The van der Waals surface area contributed by atoms with Gasteiger partial charge in [-0.15, -0.1) is 0 Å². The van der Waals surface area contributed by atoms with Crippen LogP contribution in [-0.2, 0) is 19.1 Å². The van der Waals surface area contributed by atoms with Crippen molar-refractivity contribution in [2.75, 3.05) is 6.54 Å². The van der Waals surface area contributed by atoms with Gasteiger partial charge in [-0.3, -0.25) is 14.4 Å². The maximum absolute atomic E-state index is 14.2. The first kappa shape index (κ1) is 34.7. The molecule has 10 nitrogen and oxygen atoms in total. The Kier molecular flexibility index (Phi) is 14.0. The minimum atomic E-state index is -1.38. The zero-order valence-corrected chi connectivity index (χ0v) is 25.5. The molecular weight excluding hydrogens is 512 g/mol. The Morgan fingerprint density at radius 3 is 2.27 bits per heavy atom. The highest BCUT2D eigenvalue weighted by atomic mass is 16.6. The number of alkyl carbamates (subject to hydrolysis) is 1. The number of amides is 4. The van der Waals surface area contributed by atoms with Crippen molar-refractivity contribution in [1.29, 1.82) is 0 Å². The molecule has 0 saturated carbocycles. The normalized spacial score (nSPS) is 13.7. The molecule has 1 rings (SSSR count). The average molecular weight is 563 g/mol. The lowest BCUT2D eigenvalue weighted by atomic mass is 9.95. The molecular formula is C30H50N4O6. The van der Waals surface area contributed by atoms with E-state index in [4.69, 9.17) is 10.5 Å². The van der Waals surface area contributed by atoms with E-state index >= 15 is 0 Å². The maximum Gasteiger partial charge on any atom is 0.408 e. The summed E-state index contributed by atoms with van der Waals surface area (Å²) >= 11 is 0. The van der Waals surface area contributed by atoms with E-state index in [1.165, 1.54) is 4.90 Å². The number of unbranched alkanes of at least 4 members (excludes halogenated alkanes) is 2. The molecule has 0 spiro atoms. The Hall–Kier alpha value is -3.30. The fourth-order valence-electron chi connectivity index (χ4n) is 4.35. The van der Waals surface area contributed by atoms with Crippen LogP contribution in [0.3, 0.4) is 0 Å². The number of phenolic OH excluding ortho intramolecular Hbond substituents is 1. The van der Waals surface area contributed by atoms with Crippen molar-refractivity contribution in [2.24, 2.45) is 11.7 Å². The van der Waals surface area contributed by atoms with Crippen molar-refractivity contribution < 1.29 is 29.0 Å². The van der Waals surface area contributed by atoms with Crippen LogP contribution in [0, 0.1) is 12.8 Å². The number of ether oxygens (including phenoxy) is 1. The summed E-state index contributed by atoms with van der Waals surface area (Å²) in [5.74, 6) is -1.71. The molecule has 0 aliphatic carbocycles. The van der Waals surface area contributed by atoms with Gasteiger partial charge in [-0.2, -0.15) is 0 Å². The van der Waals surface area contributed by atoms with Gasteiger partial charge in [0.1, 0.15) is 23.4 Å². The largest absolute Gasteiger partial charge is 0.507 e. The summed E-state index contributed by atoms with van der Waals surface area (Å²) < 4.78 is 5.33. The van der Waals surface area contributed by atoms with Crippen molar-refractivity contribution in [2.45, 2.75) is 118 Å². The van der Waals surface area contributed by atoms with Crippen LogP contribution < -0.4 is 16.4 Å². The topological polar surface area (TPSA) is 151 Å². The molecule has 226 valence electrons. The summed E-state index contributed by atoms with van der Waals surface area (Å²) in [7, 11) is 0. The van der Waals surface area contributed by atoms with E-state index in [-0.39, 0.29) is 11.3 Å². The molecule has 4 amide bonds. The number of nitrogens with two attached hydrogens (primary N) is 1. The highest BCUT2D eigenvalue weighted by molar-refractivity contribution is 5.95. The van der Waals surface area contributed by atoms with E-state index in [9.17, 15) is 24.3 Å². The third-order valence-corrected chi connectivity index (χ3v) is 6.46. The van der Waals surface area contributed by atoms with Crippen LogP contribution in [0.5, 0.6) is 5.75 Å². The molecule has 0 bridgehead atoms. The number of carbonyl (C=O) groups is 4. The lowest BCUT2D eigenvalue weighted by Gasteiger charge is -2.39. The van der Waals surface area contributed by atoms with Gasteiger partial charge in [-0.1, -0.05) is 51.8 Å². The van der Waals surface area contributed by atoms with Gasteiger partial charge in [0.05, 0.1) is 6.42 Å². The number of hydrogen-bond donors (Lipinski definition) is 4. The Labute approximate surface area is 239 Å². The minimum Gasteiger partial charge on any atom is -0.507 e. The summed E-state index contributed by atoms with van der Waals surface area (Å²) in [6.45, 7) is 15.1. The summed E-state index contributed by atoms with van der Waals surface area (Å²) in [6.07, 6.45) is 2.59. The molecule has 0 aromatic heterocycles. The Bertz CT molecular complexity index is 1000. The number of nitrogens with zero attached hydrogens (tertiary/aromatic N) is 1. The van der Waals surface area contributed by atoms with Gasteiger partial charge in [-0.25, -0.2) is 4.79 Å². The van der Waals surface area contributed by atoms with Crippen LogP contribution >= 0.6 is 0 Å². The zero-order chi connectivity index (χ0) is 30.6. The molecule has 0 aliphatic heterocycles. The number of primary amides is 1. The number of benzene rings is 1. The van der Waals surface area contributed by atoms with Gasteiger partial charge in [0.25, 0.3) is 0 Å². The average Bonchev–Trinajstić information content (AvgIpc) is 2.83. The van der Waals surface area contributed by atoms with E-state index in [2.05, 4.69) is 31.4 Å². The number of hydrogen-bond acceptors (Lipinski definition) is 6. The van der Waals surface area contributed by atoms with Gasteiger partial charge in [0.2, 0.25) is 17.7 Å². The second-order valence-electron chi connectivity index (χ2n) is 11.8. The smallest absolute Gasteiger partial charge is 0.408 e. The number of carbonyl (C=O) groups excluding carboxylic acids is 4. The highest BCUT2D eigenvalue weighted by Crippen LogP contribution is 2.34. The number of nitrogens with one attached hydrogen (secondary N) is 2. The molecule has 5 N–H and O–H groups in total. The lowest BCUT2D eigenvalue weighted by Crippen LogP contribution is -2.56. The molecule has 0 fully saturated rings. The first-order chi connectivity index (χ1) is 18.6. The van der Waals surface area contributed by atoms with Crippen LogP contribution in [0.2, 0.25) is 0 Å². The Balaban J connectivity index is 3.67. The minimum absolute atomic E-state index is 0.100. The molecule has 10 heteroatoms. The van der Waals surface area contributed by atoms with E-state index in [0.717, 1.165) is 25.7 Å². The molecule has 3 unspecified atom stereocenters. The molecule has 0 heterocycles. The molecule has 3 atom stereocenters. The van der Waals surface area contributed by atoms with Crippen molar-refractivity contribution in [3.8, 4) is 5.75 Å². The second kappa shape index (κ2) is 16.1. The van der Waals surface area contributed by atoms with E-state index in [1.807, 2.05) is 6.92 Å². The van der Waals surface area contributed by atoms with Gasteiger partial charge in [-0.05, 0) is 65.4 Å². The third-order valence-electron chi connectivity index (χ3n) is 6.46. The Morgan fingerprint density at radius 1 is 1.07 bits per heavy atom. The highest BCUT2D eigenvalue weighted by Gasteiger charge is 2.40. The number of aromatic hydroxyl groups is 1. The van der Waals surface area contributed by atoms with Gasteiger partial charge in [0.15, 0.2) is 0 Å². The van der Waals surface area contributed by atoms with Crippen molar-refractivity contribution >= 4 is 23.8 Å². The van der Waals surface area contributed by atoms with Crippen molar-refractivity contribution in [3.05, 3.63) is 29.3 Å². The lowest BCUT2D eigenvalue weighted by molar-refractivity contribution is -0.146. The van der Waals surface area contributed by atoms with Gasteiger partial charge in [0, 0.05) is 18.2 Å². The van der Waals surface area contributed by atoms with E-state index < -0.39 is 54.0 Å². The van der Waals surface area contributed by atoms with Crippen LogP contribution in [0.4, 0.5) is 4.79 Å². The molecule has 0 saturated heterocycles. The number of phenols is 1. The summed E-state index contributed by atoms with van der Waals surface area (Å²) in [5, 5.41) is 16.4. The molecule has 0 aliphatic rings. The van der Waals surface area contributed by atoms with Crippen LogP contribution in [0.25, 0.3) is 0 Å². The fourth-order valence-corrected chi connectivity index (χ4v) is 4.35. The van der Waals surface area contributed by atoms with Crippen molar-refractivity contribution in [1.82, 2.24) is 15.5 Å². The SMILES string of the molecule is CCCCCNC(=O)C(c1cccc(C)c1O)N(C(=O)C(CC(N)=O)NC(=O)OC(C)(C)C)C(C)CCC(C)C. The predicted octanol–water partition coefficient (Wildman–Crippen LogP) is 4.47. The molecule has 1 aromatic carbocycles. The molecule has 0 radical (unpaired) electrons. The quantitative estimate of drug-likeness (QED) is 0.232. The van der Waals surface area contributed by atoms with E-state index in [0.29, 0.717) is 24.4 Å². The number of para-hydroxylation sites is 1. The first-order valence-electron chi connectivity index (χ1n) is 14.2. The van der Waals surface area contributed by atoms with Crippen LogP contribution in [-0.4, -0.2) is 58.1 Å². The van der Waals surface area contributed by atoms with Gasteiger partial charge < -0.3 is 31.1 Å². The monoisotopic (exact) mass is 562 g/mol. The zero-order valence-electron chi connectivity index (χ0n) is 25.5.